The van der Waals surface area contributed by atoms with Crippen molar-refractivity contribution in [2.75, 3.05) is 0 Å². The first-order valence-corrected chi connectivity index (χ1v) is 18.9. The van der Waals surface area contributed by atoms with Crippen LogP contribution in [0.1, 0.15) is 59.4 Å². The highest BCUT2D eigenvalue weighted by Crippen LogP contribution is 2.52. The highest BCUT2D eigenvalue weighted by molar-refractivity contribution is 6.00. The van der Waals surface area contributed by atoms with Crippen LogP contribution in [-0.4, -0.2) is 10.4 Å². The van der Waals surface area contributed by atoms with Crippen molar-refractivity contribution in [1.82, 2.24) is 9.88 Å². The number of aromatic nitrogens is 1. The summed E-state index contributed by atoms with van der Waals surface area (Å²) in [6.07, 6.45) is 12.6. The van der Waals surface area contributed by atoms with Gasteiger partial charge in [0.15, 0.2) is 5.58 Å². The number of hydrogen-bond donors (Lipinski definition) is 1. The molecule has 0 amide bonds. The summed E-state index contributed by atoms with van der Waals surface area (Å²) in [5.41, 5.74) is 10.8. The molecule has 53 heavy (non-hydrogen) atoms. The molecule has 2 aromatic heterocycles. The molecule has 4 aliphatic rings. The molecule has 7 aromatic rings. The zero-order valence-corrected chi connectivity index (χ0v) is 29.8. The Morgan fingerprint density at radius 1 is 0.755 bits per heavy atom. The molecule has 4 heteroatoms. The van der Waals surface area contributed by atoms with Crippen LogP contribution in [-0.2, 0) is 11.8 Å². The molecule has 4 nitrogen and oxygen atoms in total. The fourth-order valence-corrected chi connectivity index (χ4v) is 9.64. The van der Waals surface area contributed by atoms with E-state index in [-0.39, 0.29) is 17.4 Å². The third-order valence-electron chi connectivity index (χ3n) is 12.3. The first-order valence-electron chi connectivity index (χ1n) is 18.9. The standard InChI is InChI=1S/C49H39N3O/c1-49(2)39-21-11-9-18-33(39)37-27-38-34-19-10-12-22-43(34)52(45(38)28-40(37)49)44-23-13-20-36-35-25-24-32(26-46(35)53-47(36)44)48-50-41(30-14-5-3-6-15-30)29-42(51-48)31-16-7-4-8-17-31/h3-25,27-29,32,37,40-41H,26H2,1-2H3,(H,50,51). The minimum atomic E-state index is -0.0711. The van der Waals surface area contributed by atoms with Crippen LogP contribution in [0.3, 0.4) is 0 Å². The van der Waals surface area contributed by atoms with Gasteiger partial charge >= 0.3 is 0 Å². The predicted molar refractivity (Wildman–Crippen MR) is 217 cm³/mol. The van der Waals surface area contributed by atoms with E-state index in [4.69, 9.17) is 9.41 Å². The molecule has 0 saturated carbocycles. The zero-order valence-electron chi connectivity index (χ0n) is 29.8. The average Bonchev–Trinajstić information content (AvgIpc) is 3.83. The largest absolute Gasteiger partial charge is 0.458 e. The van der Waals surface area contributed by atoms with Gasteiger partial charge in [0.25, 0.3) is 0 Å². The van der Waals surface area contributed by atoms with Crippen LogP contribution < -0.4 is 15.9 Å². The summed E-state index contributed by atoms with van der Waals surface area (Å²) in [6.45, 7) is 4.82. The van der Waals surface area contributed by atoms with Gasteiger partial charge < -0.3 is 14.3 Å². The van der Waals surface area contributed by atoms with Crippen molar-refractivity contribution in [1.29, 1.82) is 0 Å². The molecule has 4 unspecified atom stereocenters. The van der Waals surface area contributed by atoms with Crippen molar-refractivity contribution in [2.24, 2.45) is 16.8 Å². The molecule has 0 radical (unpaired) electrons. The van der Waals surface area contributed by atoms with Gasteiger partial charge in [-0.15, -0.1) is 0 Å². The minimum absolute atomic E-state index is 0.0251. The molecule has 3 aliphatic carbocycles. The van der Waals surface area contributed by atoms with Gasteiger partial charge in [0.05, 0.1) is 22.6 Å². The SMILES string of the molecule is CC1(C)c2ccccc2C2C=c3c(n(-c4cccc5c6c(oc45)CC(C4=NC(c5ccccc5)C=C(c5ccccc5)N4)C=C6)c4ccccc34)=CC21. The molecule has 4 atom stereocenters. The van der Waals surface area contributed by atoms with E-state index < -0.39 is 0 Å². The lowest BCUT2D eigenvalue weighted by Crippen LogP contribution is -2.37. The van der Waals surface area contributed by atoms with E-state index in [1.54, 1.807) is 0 Å². The number of nitrogens with one attached hydrogen (secondary N) is 1. The fourth-order valence-electron chi connectivity index (χ4n) is 9.64. The summed E-state index contributed by atoms with van der Waals surface area (Å²) in [5.74, 6) is 2.74. The van der Waals surface area contributed by atoms with Gasteiger partial charge in [0.2, 0.25) is 0 Å². The van der Waals surface area contributed by atoms with Crippen molar-refractivity contribution in [2.45, 2.75) is 37.6 Å². The Bertz CT molecular complexity index is 2830. The smallest absolute Gasteiger partial charge is 0.158 e. The van der Waals surface area contributed by atoms with E-state index in [0.29, 0.717) is 11.8 Å². The van der Waals surface area contributed by atoms with E-state index >= 15 is 0 Å². The van der Waals surface area contributed by atoms with Gasteiger partial charge in [-0.3, -0.25) is 4.99 Å². The van der Waals surface area contributed by atoms with Crippen molar-refractivity contribution in [3.63, 3.8) is 0 Å². The van der Waals surface area contributed by atoms with Crippen molar-refractivity contribution < 1.29 is 4.42 Å². The highest BCUT2D eigenvalue weighted by atomic mass is 16.3. The molecule has 3 heterocycles. The van der Waals surface area contributed by atoms with Crippen molar-refractivity contribution >= 4 is 51.6 Å². The fraction of sp³-hybridized carbons (Fsp3) is 0.163. The summed E-state index contributed by atoms with van der Waals surface area (Å²) < 4.78 is 9.48. The monoisotopic (exact) mass is 685 g/mol. The van der Waals surface area contributed by atoms with Crippen LogP contribution in [0.25, 0.3) is 51.5 Å². The second-order valence-corrected chi connectivity index (χ2v) is 15.5. The number of nitrogens with zero attached hydrogens (tertiary/aromatic N) is 2. The highest BCUT2D eigenvalue weighted by Gasteiger charge is 2.45. The average molecular weight is 686 g/mol. The lowest BCUT2D eigenvalue weighted by molar-refractivity contribution is 0.421. The van der Waals surface area contributed by atoms with E-state index in [9.17, 15) is 0 Å². The normalized spacial score (nSPS) is 22.1. The van der Waals surface area contributed by atoms with Crippen LogP contribution in [0, 0.1) is 11.8 Å². The Hall–Kier alpha value is -6.13. The van der Waals surface area contributed by atoms with E-state index in [0.717, 1.165) is 45.9 Å². The maximum absolute atomic E-state index is 7.01. The number of furan rings is 1. The molecular formula is C49H39N3O. The Balaban J connectivity index is 1.02. The third-order valence-corrected chi connectivity index (χ3v) is 12.3. The summed E-state index contributed by atoms with van der Waals surface area (Å²) in [7, 11) is 0. The number of para-hydroxylation sites is 2. The molecule has 1 N–H and O–H groups in total. The van der Waals surface area contributed by atoms with Gasteiger partial charge in [0, 0.05) is 45.5 Å². The van der Waals surface area contributed by atoms with Crippen LogP contribution in [0.2, 0.25) is 0 Å². The molecule has 5 aromatic carbocycles. The zero-order chi connectivity index (χ0) is 35.3. The number of rotatable bonds is 4. The summed E-state index contributed by atoms with van der Waals surface area (Å²) in [6, 6.07) is 45.6. The predicted octanol–water partition coefficient (Wildman–Crippen LogP) is 9.61. The summed E-state index contributed by atoms with van der Waals surface area (Å²) >= 11 is 0. The summed E-state index contributed by atoms with van der Waals surface area (Å²) in [5, 5.41) is 8.74. The Kier molecular flexibility index (Phi) is 6.58. The Morgan fingerprint density at radius 2 is 1.51 bits per heavy atom. The molecule has 0 bridgehead atoms. The maximum Gasteiger partial charge on any atom is 0.158 e. The quantitative estimate of drug-likeness (QED) is 0.201. The van der Waals surface area contributed by atoms with Gasteiger partial charge in [0.1, 0.15) is 11.6 Å². The first kappa shape index (κ1) is 30.5. The van der Waals surface area contributed by atoms with Crippen LogP contribution in [0.15, 0.2) is 149 Å². The van der Waals surface area contributed by atoms with Crippen LogP contribution in [0.4, 0.5) is 0 Å². The molecule has 0 saturated heterocycles. The topological polar surface area (TPSA) is 42.5 Å². The number of benzene rings is 5. The van der Waals surface area contributed by atoms with E-state index in [1.807, 2.05) is 0 Å². The molecule has 1 aliphatic heterocycles. The van der Waals surface area contributed by atoms with Crippen molar-refractivity contribution in [3.8, 4) is 5.69 Å². The summed E-state index contributed by atoms with van der Waals surface area (Å²) in [4.78, 5) is 5.30. The van der Waals surface area contributed by atoms with Crippen LogP contribution >= 0.6 is 0 Å². The maximum atomic E-state index is 7.01. The van der Waals surface area contributed by atoms with E-state index in [1.165, 1.54) is 43.7 Å². The first-order chi connectivity index (χ1) is 26.0. The number of aliphatic imine (C=N–C) groups is 1. The van der Waals surface area contributed by atoms with Crippen LogP contribution in [0.5, 0.6) is 0 Å². The molecule has 0 spiro atoms. The third kappa shape index (κ3) is 4.58. The number of hydrogen-bond acceptors (Lipinski definition) is 3. The Labute approximate surface area is 308 Å². The second-order valence-electron chi connectivity index (χ2n) is 15.5. The number of fused-ring (bicyclic) bond motifs is 9. The molecule has 11 rings (SSSR count). The Morgan fingerprint density at radius 3 is 2.38 bits per heavy atom. The van der Waals surface area contributed by atoms with Gasteiger partial charge in [-0.2, -0.15) is 0 Å². The van der Waals surface area contributed by atoms with E-state index in [2.05, 4.69) is 182 Å². The molecule has 256 valence electrons. The van der Waals surface area contributed by atoms with Gasteiger partial charge in [-0.25, -0.2) is 0 Å². The second kappa shape index (κ2) is 11.4. The lowest BCUT2D eigenvalue weighted by Gasteiger charge is -2.29. The van der Waals surface area contributed by atoms with Gasteiger partial charge in [-0.1, -0.05) is 153 Å². The number of amidine groups is 1. The van der Waals surface area contributed by atoms with Crippen molar-refractivity contribution in [3.05, 3.63) is 184 Å². The molecule has 0 fully saturated rings. The van der Waals surface area contributed by atoms with Gasteiger partial charge in [-0.05, 0) is 51.8 Å². The minimum Gasteiger partial charge on any atom is -0.458 e. The molecular weight excluding hydrogens is 647 g/mol. The lowest BCUT2D eigenvalue weighted by atomic mass is 9.74.